The maximum atomic E-state index is 11.8. The zero-order valence-electron chi connectivity index (χ0n) is 22.7. The highest BCUT2D eigenvalue weighted by molar-refractivity contribution is 7.92. The zero-order chi connectivity index (χ0) is 27.3. The van der Waals surface area contributed by atoms with Crippen molar-refractivity contribution < 1.29 is 13.2 Å². The molecular formula is C31H35N5O3S. The molecule has 4 aromatic rings. The fourth-order valence-corrected chi connectivity index (χ4v) is 7.36. The Hall–Kier alpha value is -3.43. The molecule has 2 aromatic carbocycles. The second-order valence-corrected chi connectivity index (χ2v) is 13.4. The first-order valence-corrected chi connectivity index (χ1v) is 16.2. The lowest BCUT2D eigenvalue weighted by Gasteiger charge is -2.44. The van der Waals surface area contributed by atoms with Crippen LogP contribution in [-0.4, -0.2) is 52.9 Å². The number of rotatable bonds is 9. The van der Waals surface area contributed by atoms with Crippen molar-refractivity contribution in [3.63, 3.8) is 0 Å². The normalized spacial score (nSPS) is 23.1. The molecule has 2 aromatic heterocycles. The number of benzene rings is 2. The lowest BCUT2D eigenvalue weighted by atomic mass is 9.87. The number of aromatic nitrogens is 3. The van der Waals surface area contributed by atoms with Crippen molar-refractivity contribution in [2.24, 2.45) is 5.92 Å². The first-order valence-electron chi connectivity index (χ1n) is 14.3. The zero-order valence-corrected chi connectivity index (χ0v) is 23.5. The Labute approximate surface area is 235 Å². The van der Waals surface area contributed by atoms with E-state index in [1.165, 1.54) is 24.0 Å². The molecule has 2 aliphatic heterocycles. The number of fused-ring (bicyclic) bond motifs is 3. The molecule has 208 valence electrons. The summed E-state index contributed by atoms with van der Waals surface area (Å²) in [6.07, 6.45) is 10.0. The van der Waals surface area contributed by atoms with Gasteiger partial charge in [-0.05, 0) is 61.5 Å². The molecule has 1 aliphatic carbocycles. The molecule has 0 radical (unpaired) electrons. The van der Waals surface area contributed by atoms with Gasteiger partial charge in [-0.2, -0.15) is 0 Å². The van der Waals surface area contributed by atoms with Gasteiger partial charge in [0.05, 0.1) is 18.9 Å². The van der Waals surface area contributed by atoms with Crippen LogP contribution in [0, 0.1) is 5.92 Å². The van der Waals surface area contributed by atoms with Crippen LogP contribution in [0.3, 0.4) is 0 Å². The standard InChI is InChI=1S/C31H35N5O3S/c1-40(37,38)34-31-33-32-29-18-28(27(19-35(29)31)22-12-13-22)39-20-21-16-25-14-15-26(17-21)36(25)30(23-8-4-2-5-9-23)24-10-6-3-7-11-24/h2-11,18-19,21-22,25-26,30H,12-17,20H2,1H3,(H,33,34)/t21-,25+,26-. The summed E-state index contributed by atoms with van der Waals surface area (Å²) >= 11 is 0. The van der Waals surface area contributed by atoms with Gasteiger partial charge in [-0.3, -0.25) is 14.0 Å². The van der Waals surface area contributed by atoms with Gasteiger partial charge in [0.2, 0.25) is 16.0 Å². The third kappa shape index (κ3) is 5.08. The van der Waals surface area contributed by atoms with E-state index in [2.05, 4.69) is 80.5 Å². The fraction of sp³-hybridized carbons (Fsp3) is 0.419. The number of hydrogen-bond donors (Lipinski definition) is 1. The van der Waals surface area contributed by atoms with Crippen LogP contribution in [0.5, 0.6) is 5.75 Å². The van der Waals surface area contributed by atoms with Gasteiger partial charge < -0.3 is 4.74 Å². The summed E-state index contributed by atoms with van der Waals surface area (Å²) in [5.74, 6) is 1.99. The number of sulfonamides is 1. The van der Waals surface area contributed by atoms with E-state index < -0.39 is 10.0 Å². The second-order valence-electron chi connectivity index (χ2n) is 11.7. The molecule has 40 heavy (non-hydrogen) atoms. The smallest absolute Gasteiger partial charge is 0.242 e. The summed E-state index contributed by atoms with van der Waals surface area (Å²) in [6, 6.07) is 25.1. The van der Waals surface area contributed by atoms with Gasteiger partial charge in [0.1, 0.15) is 5.75 Å². The predicted molar refractivity (Wildman–Crippen MR) is 155 cm³/mol. The number of ether oxygens (including phenoxy) is 1. The van der Waals surface area contributed by atoms with Gasteiger partial charge in [-0.25, -0.2) is 8.42 Å². The molecule has 0 spiro atoms. The molecule has 1 saturated carbocycles. The van der Waals surface area contributed by atoms with Crippen LogP contribution >= 0.6 is 0 Å². The Morgan fingerprint density at radius 3 is 2.12 bits per heavy atom. The van der Waals surface area contributed by atoms with Gasteiger partial charge in [-0.15, -0.1) is 10.2 Å². The van der Waals surface area contributed by atoms with Crippen LogP contribution in [0.25, 0.3) is 5.65 Å². The molecule has 0 unspecified atom stereocenters. The molecule has 3 aliphatic rings. The van der Waals surface area contributed by atoms with E-state index in [4.69, 9.17) is 4.74 Å². The van der Waals surface area contributed by atoms with Gasteiger partial charge in [0, 0.05) is 29.9 Å². The molecule has 4 heterocycles. The average molecular weight is 558 g/mol. The largest absolute Gasteiger partial charge is 0.493 e. The second kappa shape index (κ2) is 10.2. The SMILES string of the molecule is CS(=O)(=O)Nc1nnc2cc(OC[C@H]3C[C@H]4CC[C@@H](C3)N4C(c3ccccc3)c3ccccc3)c(C3CC3)cn12. The maximum Gasteiger partial charge on any atom is 0.242 e. The van der Waals surface area contributed by atoms with Crippen LogP contribution in [-0.2, 0) is 10.0 Å². The van der Waals surface area contributed by atoms with Crippen LogP contribution in [0.4, 0.5) is 5.95 Å². The molecule has 2 bridgehead atoms. The Morgan fingerprint density at radius 2 is 1.55 bits per heavy atom. The Bertz CT molecular complexity index is 1550. The first-order chi connectivity index (χ1) is 19.4. The number of hydrogen-bond acceptors (Lipinski definition) is 6. The Kier molecular flexibility index (Phi) is 6.51. The highest BCUT2D eigenvalue weighted by atomic mass is 32.2. The maximum absolute atomic E-state index is 11.8. The number of pyridine rings is 1. The van der Waals surface area contributed by atoms with E-state index in [1.54, 1.807) is 4.40 Å². The average Bonchev–Trinajstić information content (AvgIpc) is 3.68. The molecule has 3 atom stereocenters. The molecule has 2 saturated heterocycles. The minimum absolute atomic E-state index is 0.210. The third-order valence-corrected chi connectivity index (χ3v) is 9.27. The number of nitrogens with zero attached hydrogens (tertiary/aromatic N) is 4. The molecule has 9 heteroatoms. The summed E-state index contributed by atoms with van der Waals surface area (Å²) in [4.78, 5) is 2.79. The first kappa shape index (κ1) is 25.5. The van der Waals surface area contributed by atoms with Crippen molar-refractivity contribution in [3.05, 3.63) is 89.6 Å². The van der Waals surface area contributed by atoms with Crippen molar-refractivity contribution in [2.45, 2.75) is 62.6 Å². The number of anilines is 1. The van der Waals surface area contributed by atoms with E-state index in [0.717, 1.165) is 43.3 Å². The van der Waals surface area contributed by atoms with Gasteiger partial charge in [0.15, 0.2) is 5.65 Å². The van der Waals surface area contributed by atoms with Crippen molar-refractivity contribution in [1.29, 1.82) is 0 Å². The van der Waals surface area contributed by atoms with E-state index in [0.29, 0.717) is 36.2 Å². The molecule has 1 N–H and O–H groups in total. The van der Waals surface area contributed by atoms with Crippen molar-refractivity contribution in [2.75, 3.05) is 17.6 Å². The summed E-state index contributed by atoms with van der Waals surface area (Å²) in [6.45, 7) is 0.681. The fourth-order valence-electron chi connectivity index (χ4n) is 6.89. The van der Waals surface area contributed by atoms with Crippen LogP contribution < -0.4 is 9.46 Å². The predicted octanol–water partition coefficient (Wildman–Crippen LogP) is 5.39. The summed E-state index contributed by atoms with van der Waals surface area (Å²) in [5.41, 5.74) is 4.41. The minimum atomic E-state index is -3.45. The highest BCUT2D eigenvalue weighted by Gasteiger charge is 2.45. The Morgan fingerprint density at radius 1 is 0.925 bits per heavy atom. The van der Waals surface area contributed by atoms with Gasteiger partial charge >= 0.3 is 0 Å². The van der Waals surface area contributed by atoms with E-state index in [9.17, 15) is 8.42 Å². The van der Waals surface area contributed by atoms with Crippen molar-refractivity contribution in [3.8, 4) is 5.75 Å². The quantitative estimate of drug-likeness (QED) is 0.297. The monoisotopic (exact) mass is 557 g/mol. The van der Waals surface area contributed by atoms with Crippen LogP contribution in [0.1, 0.15) is 67.2 Å². The molecule has 0 amide bonds. The summed E-state index contributed by atoms with van der Waals surface area (Å²) < 4.78 is 34.3. The van der Waals surface area contributed by atoms with Gasteiger partial charge in [-0.1, -0.05) is 60.7 Å². The van der Waals surface area contributed by atoms with E-state index >= 15 is 0 Å². The van der Waals surface area contributed by atoms with Crippen molar-refractivity contribution in [1.82, 2.24) is 19.5 Å². The lowest BCUT2D eigenvalue weighted by molar-refractivity contribution is 0.0561. The molecule has 8 nitrogen and oxygen atoms in total. The van der Waals surface area contributed by atoms with Crippen LogP contribution in [0.15, 0.2) is 72.9 Å². The van der Waals surface area contributed by atoms with Crippen molar-refractivity contribution >= 4 is 21.6 Å². The number of nitrogens with one attached hydrogen (secondary N) is 1. The lowest BCUT2D eigenvalue weighted by Crippen LogP contribution is -2.46. The molecule has 7 rings (SSSR count). The molecule has 3 fully saturated rings. The number of piperidine rings is 1. The summed E-state index contributed by atoms with van der Waals surface area (Å²) in [7, 11) is -3.45. The minimum Gasteiger partial charge on any atom is -0.493 e. The van der Waals surface area contributed by atoms with E-state index in [1.807, 2.05) is 12.3 Å². The van der Waals surface area contributed by atoms with Crippen LogP contribution in [0.2, 0.25) is 0 Å². The van der Waals surface area contributed by atoms with E-state index in [-0.39, 0.29) is 12.0 Å². The molecular weight excluding hydrogens is 522 g/mol. The third-order valence-electron chi connectivity index (χ3n) is 8.72. The summed E-state index contributed by atoms with van der Waals surface area (Å²) in [5, 5.41) is 8.26. The Balaban J connectivity index is 1.10. The highest BCUT2D eigenvalue weighted by Crippen LogP contribution is 2.47. The topological polar surface area (TPSA) is 88.8 Å². The van der Waals surface area contributed by atoms with Gasteiger partial charge in [0.25, 0.3) is 0 Å².